The van der Waals surface area contributed by atoms with Crippen LogP contribution in [-0.2, 0) is 4.79 Å². The van der Waals surface area contributed by atoms with Crippen molar-refractivity contribution in [2.75, 3.05) is 26.2 Å². The lowest BCUT2D eigenvalue weighted by Gasteiger charge is -2.22. The van der Waals surface area contributed by atoms with Crippen LogP contribution >= 0.6 is 12.4 Å². The summed E-state index contributed by atoms with van der Waals surface area (Å²) in [6.45, 7) is 4.24. The molecule has 1 aliphatic heterocycles. The molecule has 1 atom stereocenters. The first-order valence-corrected chi connectivity index (χ1v) is 8.06. The summed E-state index contributed by atoms with van der Waals surface area (Å²) in [6.07, 6.45) is 1.67. The number of nitrogens with one attached hydrogen (secondary N) is 1. The zero-order chi connectivity index (χ0) is 17.7. The summed E-state index contributed by atoms with van der Waals surface area (Å²) in [5.41, 5.74) is 5.51. The molecular weight excluding hydrogens is 352 g/mol. The van der Waals surface area contributed by atoms with Gasteiger partial charge in [-0.1, -0.05) is 6.92 Å². The fraction of sp³-hybridized carbons (Fsp3) is 0.529. The molecule has 0 bridgehead atoms. The van der Waals surface area contributed by atoms with E-state index in [1.54, 1.807) is 4.90 Å². The van der Waals surface area contributed by atoms with Gasteiger partial charge in [-0.25, -0.2) is 8.78 Å². The molecule has 1 aliphatic rings. The molecule has 5 nitrogen and oxygen atoms in total. The van der Waals surface area contributed by atoms with E-state index in [1.165, 1.54) is 0 Å². The lowest BCUT2D eigenvalue weighted by Crippen LogP contribution is -2.35. The number of benzene rings is 1. The van der Waals surface area contributed by atoms with Crippen LogP contribution in [0.25, 0.3) is 0 Å². The van der Waals surface area contributed by atoms with Crippen LogP contribution in [0.3, 0.4) is 0 Å². The first-order chi connectivity index (χ1) is 11.3. The number of amides is 2. The molecule has 0 radical (unpaired) electrons. The highest BCUT2D eigenvalue weighted by Crippen LogP contribution is 2.28. The minimum Gasteiger partial charge on any atom is -0.352 e. The van der Waals surface area contributed by atoms with Crippen molar-refractivity contribution in [2.24, 2.45) is 11.1 Å². The van der Waals surface area contributed by atoms with Crippen LogP contribution in [0.2, 0.25) is 0 Å². The van der Waals surface area contributed by atoms with Crippen LogP contribution in [0.15, 0.2) is 18.2 Å². The third-order valence-electron chi connectivity index (χ3n) is 4.43. The molecule has 8 heteroatoms. The van der Waals surface area contributed by atoms with Gasteiger partial charge >= 0.3 is 0 Å². The Morgan fingerprint density at radius 1 is 1.36 bits per heavy atom. The number of halogens is 3. The minimum absolute atomic E-state index is 0. The van der Waals surface area contributed by atoms with Crippen LogP contribution in [0, 0.1) is 17.0 Å². The van der Waals surface area contributed by atoms with Gasteiger partial charge in [0.2, 0.25) is 5.91 Å². The number of rotatable bonds is 6. The Labute approximate surface area is 152 Å². The topological polar surface area (TPSA) is 75.4 Å². The predicted molar refractivity (Wildman–Crippen MR) is 93.5 cm³/mol. The summed E-state index contributed by atoms with van der Waals surface area (Å²) in [5.74, 6) is -2.21. The molecule has 3 N–H and O–H groups in total. The molecule has 1 aromatic rings. The SMILES string of the molecule is CC1(CN)CCN(C(=O)CCCNC(=O)c2ccc(F)cc2F)C1.Cl. The molecule has 1 unspecified atom stereocenters. The van der Waals surface area contributed by atoms with E-state index in [1.807, 2.05) is 0 Å². The average molecular weight is 376 g/mol. The van der Waals surface area contributed by atoms with Crippen molar-refractivity contribution in [2.45, 2.75) is 26.2 Å². The van der Waals surface area contributed by atoms with Gasteiger partial charge < -0.3 is 16.0 Å². The van der Waals surface area contributed by atoms with Gasteiger partial charge in [0.15, 0.2) is 0 Å². The summed E-state index contributed by atoms with van der Waals surface area (Å²) in [7, 11) is 0. The van der Waals surface area contributed by atoms with Gasteiger partial charge in [-0.15, -0.1) is 12.4 Å². The molecule has 1 saturated heterocycles. The standard InChI is InChI=1S/C17H23F2N3O2.ClH/c1-17(10-20)6-8-22(11-17)15(23)3-2-7-21-16(24)13-5-4-12(18)9-14(13)19;/h4-5,9H,2-3,6-8,10-11,20H2,1H3,(H,21,24);1H. The quantitative estimate of drug-likeness (QED) is 0.747. The van der Waals surface area contributed by atoms with E-state index in [-0.39, 0.29) is 35.8 Å². The normalized spacial score (nSPS) is 19.4. The predicted octanol–water partition coefficient (Wildman–Crippen LogP) is 2.09. The average Bonchev–Trinajstić information content (AvgIpc) is 2.94. The summed E-state index contributed by atoms with van der Waals surface area (Å²) < 4.78 is 26.3. The molecule has 2 rings (SSSR count). The fourth-order valence-electron chi connectivity index (χ4n) is 2.77. The Morgan fingerprint density at radius 3 is 2.68 bits per heavy atom. The van der Waals surface area contributed by atoms with E-state index in [2.05, 4.69) is 12.2 Å². The second kappa shape index (κ2) is 9.10. The highest BCUT2D eigenvalue weighted by atomic mass is 35.5. The number of hydrogen-bond acceptors (Lipinski definition) is 3. The molecule has 1 aromatic carbocycles. The lowest BCUT2D eigenvalue weighted by molar-refractivity contribution is -0.130. The van der Waals surface area contributed by atoms with Crippen molar-refractivity contribution in [1.82, 2.24) is 10.2 Å². The van der Waals surface area contributed by atoms with Crippen molar-refractivity contribution in [3.05, 3.63) is 35.4 Å². The molecule has 0 spiro atoms. The number of likely N-dealkylation sites (tertiary alicyclic amines) is 1. The smallest absolute Gasteiger partial charge is 0.254 e. The van der Waals surface area contributed by atoms with Crippen LogP contribution in [0.5, 0.6) is 0 Å². The molecule has 0 aliphatic carbocycles. The molecule has 2 amide bonds. The van der Waals surface area contributed by atoms with Gasteiger partial charge in [0.05, 0.1) is 5.56 Å². The summed E-state index contributed by atoms with van der Waals surface area (Å²) in [5, 5.41) is 2.54. The van der Waals surface area contributed by atoms with Crippen molar-refractivity contribution in [1.29, 1.82) is 0 Å². The molecule has 0 saturated carbocycles. The lowest BCUT2D eigenvalue weighted by atomic mass is 9.90. The van der Waals surface area contributed by atoms with Gasteiger partial charge in [0, 0.05) is 32.1 Å². The van der Waals surface area contributed by atoms with Crippen LogP contribution in [0.4, 0.5) is 8.78 Å². The van der Waals surface area contributed by atoms with Crippen molar-refractivity contribution in [3.63, 3.8) is 0 Å². The minimum atomic E-state index is -0.901. The fourth-order valence-corrected chi connectivity index (χ4v) is 2.77. The van der Waals surface area contributed by atoms with Gasteiger partial charge in [-0.05, 0) is 36.9 Å². The third-order valence-corrected chi connectivity index (χ3v) is 4.43. The van der Waals surface area contributed by atoms with E-state index >= 15 is 0 Å². The molecule has 0 aromatic heterocycles. The highest BCUT2D eigenvalue weighted by Gasteiger charge is 2.34. The van der Waals surface area contributed by atoms with E-state index in [0.29, 0.717) is 38.5 Å². The largest absolute Gasteiger partial charge is 0.352 e. The van der Waals surface area contributed by atoms with Gasteiger partial charge in [-0.2, -0.15) is 0 Å². The number of carbonyl (C=O) groups excluding carboxylic acids is 2. The van der Waals surface area contributed by atoms with Gasteiger partial charge in [-0.3, -0.25) is 9.59 Å². The Morgan fingerprint density at radius 2 is 2.08 bits per heavy atom. The molecule has 140 valence electrons. The van der Waals surface area contributed by atoms with E-state index in [0.717, 1.165) is 18.6 Å². The van der Waals surface area contributed by atoms with Crippen molar-refractivity contribution >= 4 is 24.2 Å². The first-order valence-electron chi connectivity index (χ1n) is 8.06. The molecule has 1 fully saturated rings. The maximum Gasteiger partial charge on any atom is 0.254 e. The number of nitrogens with two attached hydrogens (primary N) is 1. The van der Waals surface area contributed by atoms with E-state index < -0.39 is 17.5 Å². The summed E-state index contributed by atoms with van der Waals surface area (Å²) >= 11 is 0. The third kappa shape index (κ3) is 5.64. The number of hydrogen-bond donors (Lipinski definition) is 2. The summed E-state index contributed by atoms with van der Waals surface area (Å²) in [6, 6.07) is 2.80. The monoisotopic (exact) mass is 375 g/mol. The van der Waals surface area contributed by atoms with Crippen LogP contribution in [0.1, 0.15) is 36.5 Å². The second-order valence-electron chi connectivity index (χ2n) is 6.56. The second-order valence-corrected chi connectivity index (χ2v) is 6.56. The summed E-state index contributed by atoms with van der Waals surface area (Å²) in [4.78, 5) is 25.7. The first kappa shape index (κ1) is 21.3. The van der Waals surface area contributed by atoms with E-state index in [9.17, 15) is 18.4 Å². The maximum atomic E-state index is 13.5. The Kier molecular flexibility index (Phi) is 7.76. The Bertz CT molecular complexity index is 630. The number of carbonyl (C=O) groups is 2. The zero-order valence-corrected chi connectivity index (χ0v) is 15.0. The maximum absolute atomic E-state index is 13.5. The Balaban J connectivity index is 0.00000312. The van der Waals surface area contributed by atoms with Crippen molar-refractivity contribution in [3.8, 4) is 0 Å². The Hall–Kier alpha value is -1.73. The van der Waals surface area contributed by atoms with Crippen LogP contribution < -0.4 is 11.1 Å². The highest BCUT2D eigenvalue weighted by molar-refractivity contribution is 5.94. The van der Waals surface area contributed by atoms with Gasteiger partial charge in [0.25, 0.3) is 5.91 Å². The van der Waals surface area contributed by atoms with Gasteiger partial charge in [0.1, 0.15) is 11.6 Å². The molecular formula is C17H24ClF2N3O2. The molecule has 25 heavy (non-hydrogen) atoms. The molecule has 1 heterocycles. The van der Waals surface area contributed by atoms with E-state index in [4.69, 9.17) is 5.73 Å². The van der Waals surface area contributed by atoms with Crippen molar-refractivity contribution < 1.29 is 18.4 Å². The number of nitrogens with zero attached hydrogens (tertiary/aromatic N) is 1. The van der Waals surface area contributed by atoms with Crippen LogP contribution in [-0.4, -0.2) is 42.9 Å². The zero-order valence-electron chi connectivity index (χ0n) is 14.2.